The van der Waals surface area contributed by atoms with Crippen LogP contribution < -0.4 is 11.1 Å². The molecule has 28 heavy (non-hydrogen) atoms. The molecule has 0 saturated carbocycles. The first-order valence-corrected chi connectivity index (χ1v) is 10.6. The van der Waals surface area contributed by atoms with Crippen LogP contribution in [0, 0.1) is 6.92 Å². The van der Waals surface area contributed by atoms with E-state index in [1.165, 1.54) is 11.8 Å². The number of thioether (sulfide) groups is 1. The van der Waals surface area contributed by atoms with Crippen LogP contribution in [0.15, 0.2) is 54.6 Å². The molecule has 2 amide bonds. The largest absolute Gasteiger partial charge is 0.337 e. The first kappa shape index (κ1) is 22.0. The second kappa shape index (κ2) is 11.5. The van der Waals surface area contributed by atoms with Crippen LogP contribution in [0.1, 0.15) is 24.5 Å². The number of anilines is 1. The van der Waals surface area contributed by atoms with Crippen molar-refractivity contribution in [1.82, 2.24) is 4.90 Å². The van der Waals surface area contributed by atoms with E-state index in [1.54, 1.807) is 0 Å². The van der Waals surface area contributed by atoms with Crippen LogP contribution in [0.4, 0.5) is 5.69 Å². The Morgan fingerprint density at radius 2 is 1.79 bits per heavy atom. The third-order valence-corrected chi connectivity index (χ3v) is 5.44. The fourth-order valence-electron chi connectivity index (χ4n) is 2.72. The number of carbonyl (C=O) groups excluding carboxylic acids is 2. The number of aryl methyl sites for hydroxylation is 1. The molecule has 0 heterocycles. The number of nitrogens with one attached hydrogen (secondary N) is 1. The Labute approximate surface area is 171 Å². The zero-order valence-electron chi connectivity index (χ0n) is 16.6. The summed E-state index contributed by atoms with van der Waals surface area (Å²) >= 11 is 1.35. The standard InChI is InChI=1S/C22H29N3O2S/c1-17-9-11-20(12-10-17)24-21(26)16-28-18(2)22(27)25(14-6-13-23)15-19-7-4-3-5-8-19/h3-5,7-12,18H,6,13-16,23H2,1-2H3,(H,24,26). The van der Waals surface area contributed by atoms with E-state index < -0.39 is 0 Å². The molecule has 1 unspecified atom stereocenters. The van der Waals surface area contributed by atoms with Crippen molar-refractivity contribution in [3.63, 3.8) is 0 Å². The van der Waals surface area contributed by atoms with E-state index in [9.17, 15) is 9.59 Å². The van der Waals surface area contributed by atoms with Gasteiger partial charge in [-0.05, 0) is 44.5 Å². The molecule has 5 nitrogen and oxygen atoms in total. The molecule has 2 rings (SSSR count). The molecule has 0 aliphatic carbocycles. The van der Waals surface area contributed by atoms with E-state index in [1.807, 2.05) is 73.3 Å². The van der Waals surface area contributed by atoms with Crippen molar-refractivity contribution in [3.05, 3.63) is 65.7 Å². The Morgan fingerprint density at radius 1 is 1.11 bits per heavy atom. The average molecular weight is 400 g/mol. The van der Waals surface area contributed by atoms with E-state index in [2.05, 4.69) is 5.32 Å². The third-order valence-electron chi connectivity index (χ3n) is 4.31. The highest BCUT2D eigenvalue weighted by Crippen LogP contribution is 2.17. The second-order valence-electron chi connectivity index (χ2n) is 6.76. The van der Waals surface area contributed by atoms with Crippen LogP contribution in [0.3, 0.4) is 0 Å². The summed E-state index contributed by atoms with van der Waals surface area (Å²) in [6, 6.07) is 17.6. The molecule has 6 heteroatoms. The minimum atomic E-state index is -0.301. The highest BCUT2D eigenvalue weighted by atomic mass is 32.2. The lowest BCUT2D eigenvalue weighted by atomic mass is 10.2. The summed E-state index contributed by atoms with van der Waals surface area (Å²) in [6.07, 6.45) is 0.754. The van der Waals surface area contributed by atoms with Gasteiger partial charge in [0.15, 0.2) is 0 Å². The van der Waals surface area contributed by atoms with Gasteiger partial charge in [-0.1, -0.05) is 48.0 Å². The van der Waals surface area contributed by atoms with Gasteiger partial charge in [0.2, 0.25) is 11.8 Å². The quantitative estimate of drug-likeness (QED) is 0.642. The molecule has 0 spiro atoms. The molecule has 0 aliphatic rings. The third kappa shape index (κ3) is 7.37. The minimum Gasteiger partial charge on any atom is -0.337 e. The van der Waals surface area contributed by atoms with Gasteiger partial charge in [0.1, 0.15) is 0 Å². The molecule has 0 aliphatic heterocycles. The number of nitrogens with zero attached hydrogens (tertiary/aromatic N) is 1. The molecule has 0 radical (unpaired) electrons. The first-order chi connectivity index (χ1) is 13.5. The monoisotopic (exact) mass is 399 g/mol. The average Bonchev–Trinajstić information content (AvgIpc) is 2.71. The van der Waals surface area contributed by atoms with Gasteiger partial charge in [0, 0.05) is 18.8 Å². The van der Waals surface area contributed by atoms with Crippen LogP contribution in [0.2, 0.25) is 0 Å². The highest BCUT2D eigenvalue weighted by Gasteiger charge is 2.21. The maximum atomic E-state index is 12.9. The predicted octanol–water partition coefficient (Wildman–Crippen LogP) is 3.43. The molecular weight excluding hydrogens is 370 g/mol. The van der Waals surface area contributed by atoms with E-state index in [-0.39, 0.29) is 22.8 Å². The van der Waals surface area contributed by atoms with Gasteiger partial charge in [-0.25, -0.2) is 0 Å². The summed E-state index contributed by atoms with van der Waals surface area (Å²) in [7, 11) is 0. The Hall–Kier alpha value is -2.31. The lowest BCUT2D eigenvalue weighted by Gasteiger charge is -2.25. The van der Waals surface area contributed by atoms with Crippen molar-refractivity contribution in [2.24, 2.45) is 5.73 Å². The topological polar surface area (TPSA) is 75.4 Å². The number of hydrogen-bond acceptors (Lipinski definition) is 4. The summed E-state index contributed by atoms with van der Waals surface area (Å²) in [6.45, 7) is 5.57. The molecule has 150 valence electrons. The zero-order chi connectivity index (χ0) is 20.4. The minimum absolute atomic E-state index is 0.0328. The number of rotatable bonds is 10. The number of amides is 2. The summed E-state index contributed by atoms with van der Waals surface area (Å²) in [5.41, 5.74) is 8.63. The van der Waals surface area contributed by atoms with Crippen molar-refractivity contribution in [1.29, 1.82) is 0 Å². The van der Waals surface area contributed by atoms with Gasteiger partial charge in [-0.3, -0.25) is 9.59 Å². The van der Waals surface area contributed by atoms with Crippen molar-refractivity contribution in [3.8, 4) is 0 Å². The van der Waals surface area contributed by atoms with Gasteiger partial charge in [-0.2, -0.15) is 0 Å². The number of carbonyl (C=O) groups is 2. The fourth-order valence-corrected chi connectivity index (χ4v) is 3.48. The van der Waals surface area contributed by atoms with E-state index in [0.717, 1.165) is 23.2 Å². The lowest BCUT2D eigenvalue weighted by molar-refractivity contribution is -0.131. The van der Waals surface area contributed by atoms with Gasteiger partial charge in [0.25, 0.3) is 0 Å². The van der Waals surface area contributed by atoms with Crippen molar-refractivity contribution < 1.29 is 9.59 Å². The Morgan fingerprint density at radius 3 is 2.43 bits per heavy atom. The van der Waals surface area contributed by atoms with Gasteiger partial charge in [-0.15, -0.1) is 11.8 Å². The molecule has 0 aromatic heterocycles. The number of benzene rings is 2. The molecule has 0 fully saturated rings. The molecule has 2 aromatic carbocycles. The van der Waals surface area contributed by atoms with Crippen LogP contribution in [0.25, 0.3) is 0 Å². The zero-order valence-corrected chi connectivity index (χ0v) is 17.4. The van der Waals surface area contributed by atoms with Gasteiger partial charge >= 0.3 is 0 Å². The summed E-state index contributed by atoms with van der Waals surface area (Å²) in [5.74, 6) is 0.159. The van der Waals surface area contributed by atoms with E-state index >= 15 is 0 Å². The fraction of sp³-hybridized carbons (Fsp3) is 0.364. The van der Waals surface area contributed by atoms with Crippen molar-refractivity contribution in [2.45, 2.75) is 32.1 Å². The van der Waals surface area contributed by atoms with Gasteiger partial charge < -0.3 is 16.0 Å². The first-order valence-electron chi connectivity index (χ1n) is 9.50. The molecule has 0 saturated heterocycles. The molecule has 0 bridgehead atoms. The predicted molar refractivity (Wildman–Crippen MR) is 117 cm³/mol. The number of hydrogen-bond donors (Lipinski definition) is 2. The van der Waals surface area contributed by atoms with Crippen molar-refractivity contribution in [2.75, 3.05) is 24.2 Å². The summed E-state index contributed by atoms with van der Waals surface area (Å²) < 4.78 is 0. The highest BCUT2D eigenvalue weighted by molar-refractivity contribution is 8.01. The lowest BCUT2D eigenvalue weighted by Crippen LogP contribution is -2.38. The van der Waals surface area contributed by atoms with Crippen LogP contribution in [-0.4, -0.2) is 40.8 Å². The molecule has 2 aromatic rings. The maximum Gasteiger partial charge on any atom is 0.235 e. The van der Waals surface area contributed by atoms with Crippen molar-refractivity contribution >= 4 is 29.3 Å². The smallest absolute Gasteiger partial charge is 0.235 e. The second-order valence-corrected chi connectivity index (χ2v) is 8.08. The molecular formula is C22H29N3O2S. The maximum absolute atomic E-state index is 12.9. The molecule has 1 atom stereocenters. The Kier molecular flexibility index (Phi) is 9.04. The van der Waals surface area contributed by atoms with Gasteiger partial charge in [0.05, 0.1) is 11.0 Å². The SMILES string of the molecule is Cc1ccc(NC(=O)CSC(C)C(=O)N(CCCN)Cc2ccccc2)cc1. The Balaban J connectivity index is 1.88. The molecule has 3 N–H and O–H groups in total. The van der Waals surface area contributed by atoms with Crippen LogP contribution >= 0.6 is 11.8 Å². The summed E-state index contributed by atoms with van der Waals surface area (Å²) in [4.78, 5) is 26.9. The summed E-state index contributed by atoms with van der Waals surface area (Å²) in [5, 5.41) is 2.56. The van der Waals surface area contributed by atoms with E-state index in [4.69, 9.17) is 5.73 Å². The Bertz CT molecular complexity index is 750. The van der Waals surface area contributed by atoms with E-state index in [0.29, 0.717) is 19.6 Å². The van der Waals surface area contributed by atoms with Crippen LogP contribution in [-0.2, 0) is 16.1 Å². The number of nitrogens with two attached hydrogens (primary N) is 1. The normalized spacial score (nSPS) is 11.7. The van der Waals surface area contributed by atoms with Crippen LogP contribution in [0.5, 0.6) is 0 Å².